The van der Waals surface area contributed by atoms with E-state index in [9.17, 15) is 0 Å². The third-order valence-corrected chi connectivity index (χ3v) is 12.6. The molecule has 11 rings (SSSR count). The summed E-state index contributed by atoms with van der Waals surface area (Å²) in [6, 6.07) is 68.8. The second-order valence-electron chi connectivity index (χ2n) is 16.1. The van der Waals surface area contributed by atoms with Crippen LogP contribution in [0.5, 0.6) is 11.5 Å². The summed E-state index contributed by atoms with van der Waals surface area (Å²) in [5, 5.41) is 4.91. The van der Waals surface area contributed by atoms with Gasteiger partial charge in [-0.2, -0.15) is 0 Å². The van der Waals surface area contributed by atoms with Crippen molar-refractivity contribution in [3.63, 3.8) is 0 Å². The predicted molar refractivity (Wildman–Crippen MR) is 241 cm³/mol. The van der Waals surface area contributed by atoms with Crippen LogP contribution in [-0.2, 0) is 5.41 Å². The predicted octanol–water partition coefficient (Wildman–Crippen LogP) is 12.4. The molecule has 0 saturated heterocycles. The van der Waals surface area contributed by atoms with Gasteiger partial charge in [0, 0.05) is 39.5 Å². The second kappa shape index (κ2) is 12.9. The molecule has 0 radical (unpaired) electrons. The third kappa shape index (κ3) is 5.19. The van der Waals surface area contributed by atoms with Crippen LogP contribution in [0.3, 0.4) is 0 Å². The zero-order valence-corrected chi connectivity index (χ0v) is 32.3. The van der Waals surface area contributed by atoms with Crippen LogP contribution in [-0.4, -0.2) is 6.71 Å². The maximum absolute atomic E-state index is 6.97. The van der Waals surface area contributed by atoms with Crippen molar-refractivity contribution < 1.29 is 4.74 Å². The molecular formula is C54H40BNO. The topological polar surface area (TPSA) is 12.5 Å². The average Bonchev–Trinajstić information content (AvgIpc) is 3.48. The van der Waals surface area contributed by atoms with E-state index in [0.29, 0.717) is 0 Å². The van der Waals surface area contributed by atoms with Crippen molar-refractivity contribution in [1.82, 2.24) is 0 Å². The molecule has 1 aliphatic heterocycles. The minimum atomic E-state index is -0.101. The van der Waals surface area contributed by atoms with Crippen LogP contribution >= 0.6 is 0 Å². The SMILES string of the molecule is Cc1ccccc1B(c1cccc2ccccc12)c1ccc2c3c(cccc13)Oc1cc(N(c3ccccc3)c3ccc4c(c3)C(C)(C)c3ccccc3-4)ccc1-2. The maximum atomic E-state index is 6.97. The lowest BCUT2D eigenvalue weighted by Crippen LogP contribution is -2.53. The van der Waals surface area contributed by atoms with E-state index in [1.165, 1.54) is 65.9 Å². The van der Waals surface area contributed by atoms with Crippen LogP contribution in [0, 0.1) is 6.92 Å². The van der Waals surface area contributed by atoms with Crippen LogP contribution in [0.2, 0.25) is 0 Å². The van der Waals surface area contributed by atoms with E-state index >= 15 is 0 Å². The molecule has 2 nitrogen and oxygen atoms in total. The largest absolute Gasteiger partial charge is 0.456 e. The monoisotopic (exact) mass is 729 g/mol. The highest BCUT2D eigenvalue weighted by molar-refractivity contribution is 6.98. The number of hydrogen-bond donors (Lipinski definition) is 0. The molecule has 0 saturated carbocycles. The highest BCUT2D eigenvalue weighted by Gasteiger charge is 2.36. The summed E-state index contributed by atoms with van der Waals surface area (Å²) >= 11 is 0. The first-order chi connectivity index (χ1) is 28.0. The summed E-state index contributed by atoms with van der Waals surface area (Å²) in [6.45, 7) is 6.96. The molecule has 9 aromatic carbocycles. The lowest BCUT2D eigenvalue weighted by molar-refractivity contribution is 0.487. The number of fused-ring (bicyclic) bond motifs is 6. The zero-order valence-electron chi connectivity index (χ0n) is 32.3. The lowest BCUT2D eigenvalue weighted by Gasteiger charge is -2.30. The molecule has 2 aliphatic rings. The van der Waals surface area contributed by atoms with Crippen molar-refractivity contribution in [1.29, 1.82) is 0 Å². The molecule has 57 heavy (non-hydrogen) atoms. The van der Waals surface area contributed by atoms with E-state index in [1.54, 1.807) is 0 Å². The van der Waals surface area contributed by atoms with Crippen molar-refractivity contribution in [3.05, 3.63) is 205 Å². The first-order valence-electron chi connectivity index (χ1n) is 20.0. The Morgan fingerprint density at radius 1 is 0.439 bits per heavy atom. The van der Waals surface area contributed by atoms with Gasteiger partial charge in [-0.25, -0.2) is 0 Å². The minimum absolute atomic E-state index is 0.0369. The average molecular weight is 730 g/mol. The van der Waals surface area contributed by atoms with E-state index in [-0.39, 0.29) is 12.1 Å². The molecule has 0 fully saturated rings. The summed E-state index contributed by atoms with van der Waals surface area (Å²) in [6.07, 6.45) is 0. The van der Waals surface area contributed by atoms with Crippen molar-refractivity contribution in [2.24, 2.45) is 0 Å². The summed E-state index contributed by atoms with van der Waals surface area (Å²) in [5.74, 6) is 1.75. The van der Waals surface area contributed by atoms with Gasteiger partial charge < -0.3 is 9.64 Å². The maximum Gasteiger partial charge on any atom is 0.243 e. The Morgan fingerprint density at radius 2 is 1.07 bits per heavy atom. The molecule has 270 valence electrons. The molecule has 0 atom stereocenters. The number of para-hydroxylation sites is 1. The number of rotatable bonds is 6. The van der Waals surface area contributed by atoms with E-state index in [4.69, 9.17) is 4.74 Å². The summed E-state index contributed by atoms with van der Waals surface area (Å²) < 4.78 is 6.97. The first kappa shape index (κ1) is 33.5. The Kier molecular flexibility index (Phi) is 7.56. The normalized spacial score (nSPS) is 13.1. The molecule has 0 unspecified atom stereocenters. The number of aryl methyl sites for hydroxylation is 1. The Hall–Kier alpha value is -6.84. The van der Waals surface area contributed by atoms with Crippen molar-refractivity contribution >= 4 is 61.7 Å². The van der Waals surface area contributed by atoms with E-state index in [1.807, 2.05) is 0 Å². The quantitative estimate of drug-likeness (QED) is 0.158. The number of hydrogen-bond acceptors (Lipinski definition) is 2. The van der Waals surface area contributed by atoms with E-state index in [0.717, 1.165) is 39.5 Å². The van der Waals surface area contributed by atoms with Gasteiger partial charge in [0.25, 0.3) is 0 Å². The highest BCUT2D eigenvalue weighted by Crippen LogP contribution is 2.52. The molecule has 0 spiro atoms. The van der Waals surface area contributed by atoms with Crippen LogP contribution in [0.15, 0.2) is 188 Å². The molecule has 0 amide bonds. The Balaban J connectivity index is 1.06. The van der Waals surface area contributed by atoms with Gasteiger partial charge in [-0.15, -0.1) is 0 Å². The Labute approximate surface area is 334 Å². The third-order valence-electron chi connectivity index (χ3n) is 12.6. The fraction of sp³-hybridized carbons (Fsp3) is 0.0741. The molecule has 1 aliphatic carbocycles. The molecule has 0 aromatic heterocycles. The fourth-order valence-electron chi connectivity index (χ4n) is 9.80. The van der Waals surface area contributed by atoms with E-state index in [2.05, 4.69) is 214 Å². The number of nitrogens with zero attached hydrogens (tertiary/aromatic N) is 1. The van der Waals surface area contributed by atoms with Crippen LogP contribution in [0.25, 0.3) is 43.8 Å². The van der Waals surface area contributed by atoms with Gasteiger partial charge in [-0.3, -0.25) is 0 Å². The van der Waals surface area contributed by atoms with Crippen molar-refractivity contribution in [2.75, 3.05) is 4.90 Å². The van der Waals surface area contributed by atoms with Gasteiger partial charge in [0.1, 0.15) is 11.5 Å². The minimum Gasteiger partial charge on any atom is -0.456 e. The standard InChI is InChI=1S/C54H40BNO/c1-35-15-7-12-24-48(35)55(49-25-13-17-36-16-8-9-20-40(36)49)50-32-31-44-43-30-28-39(34-52(43)57-51-26-14-22-45(50)53(44)51)56(37-18-5-4-6-19-37)38-27-29-42-41-21-10-11-23-46(41)54(2,3)47(42)33-38/h4-34H,1-3H3. The molecule has 0 bridgehead atoms. The second-order valence-corrected chi connectivity index (χ2v) is 16.1. The number of anilines is 3. The Morgan fingerprint density at radius 3 is 1.95 bits per heavy atom. The van der Waals surface area contributed by atoms with Gasteiger partial charge in [0.05, 0.1) is 0 Å². The van der Waals surface area contributed by atoms with Gasteiger partial charge in [0.2, 0.25) is 6.71 Å². The molecule has 1 heterocycles. The van der Waals surface area contributed by atoms with Crippen LogP contribution < -0.4 is 26.0 Å². The van der Waals surface area contributed by atoms with Gasteiger partial charge in [-0.1, -0.05) is 175 Å². The fourth-order valence-corrected chi connectivity index (χ4v) is 9.80. The summed E-state index contributed by atoms with van der Waals surface area (Å²) in [4.78, 5) is 2.36. The smallest absolute Gasteiger partial charge is 0.243 e. The summed E-state index contributed by atoms with van der Waals surface area (Å²) in [5.41, 5.74) is 16.0. The molecule has 0 N–H and O–H groups in total. The molecule has 9 aromatic rings. The molecule has 3 heteroatoms. The van der Waals surface area contributed by atoms with Gasteiger partial charge in [-0.05, 0) is 93.4 Å². The van der Waals surface area contributed by atoms with Crippen LogP contribution in [0.4, 0.5) is 17.1 Å². The lowest BCUT2D eigenvalue weighted by atomic mass is 9.35. The van der Waals surface area contributed by atoms with Crippen molar-refractivity contribution in [2.45, 2.75) is 26.2 Å². The molecular weight excluding hydrogens is 689 g/mol. The zero-order chi connectivity index (χ0) is 38.3. The van der Waals surface area contributed by atoms with Crippen LogP contribution in [0.1, 0.15) is 30.5 Å². The Bertz CT molecular complexity index is 3050. The van der Waals surface area contributed by atoms with Gasteiger partial charge in [0.15, 0.2) is 0 Å². The first-order valence-corrected chi connectivity index (χ1v) is 20.0. The number of benzene rings is 9. The van der Waals surface area contributed by atoms with E-state index < -0.39 is 0 Å². The van der Waals surface area contributed by atoms with Gasteiger partial charge >= 0.3 is 0 Å². The summed E-state index contributed by atoms with van der Waals surface area (Å²) in [7, 11) is 0. The highest BCUT2D eigenvalue weighted by atomic mass is 16.5. The van der Waals surface area contributed by atoms with Crippen molar-refractivity contribution in [3.8, 4) is 33.8 Å². The number of ether oxygens (including phenoxy) is 1.